The van der Waals surface area contributed by atoms with Crippen molar-refractivity contribution in [3.05, 3.63) is 59.1 Å². The van der Waals surface area contributed by atoms with Gasteiger partial charge in [0.25, 0.3) is 0 Å². The number of pyridine rings is 1. The molecule has 0 amide bonds. The first-order valence-electron chi connectivity index (χ1n) is 5.78. The Morgan fingerprint density at radius 3 is 2.43 bits per heavy atom. The molecule has 1 aromatic heterocycles. The van der Waals surface area contributed by atoms with Gasteiger partial charge in [0, 0.05) is 11.8 Å². The van der Waals surface area contributed by atoms with Crippen molar-refractivity contribution < 1.29 is 17.6 Å². The summed E-state index contributed by atoms with van der Waals surface area (Å²) < 4.78 is 38.7. The van der Waals surface area contributed by atoms with E-state index in [0.717, 1.165) is 18.3 Å². The van der Waals surface area contributed by atoms with Crippen molar-refractivity contribution in [2.45, 2.75) is 4.90 Å². The topological polar surface area (TPSA) is 76.1 Å². The van der Waals surface area contributed by atoms with Gasteiger partial charge in [-0.05, 0) is 36.4 Å². The number of nitrogens with one attached hydrogen (secondary N) is 1. The smallest absolute Gasteiger partial charge is 0.242 e. The van der Waals surface area contributed by atoms with E-state index in [4.69, 9.17) is 11.6 Å². The molecule has 5 nitrogen and oxygen atoms in total. The zero-order valence-electron chi connectivity index (χ0n) is 10.6. The third kappa shape index (κ3) is 4.07. The molecule has 2 aromatic rings. The van der Waals surface area contributed by atoms with E-state index in [1.54, 1.807) is 0 Å². The van der Waals surface area contributed by atoms with Gasteiger partial charge in [-0.3, -0.25) is 4.79 Å². The van der Waals surface area contributed by atoms with Crippen LogP contribution in [0.4, 0.5) is 4.39 Å². The molecule has 2 rings (SSSR count). The summed E-state index contributed by atoms with van der Waals surface area (Å²) in [5.41, 5.74) is 0.216. The number of carbonyl (C=O) groups is 1. The molecule has 8 heteroatoms. The number of Topliss-reactive ketones (excluding diaryl/α,β-unsaturated/α-hetero) is 1. The first-order valence-corrected chi connectivity index (χ1v) is 7.64. The number of rotatable bonds is 5. The van der Waals surface area contributed by atoms with Gasteiger partial charge >= 0.3 is 0 Å². The lowest BCUT2D eigenvalue weighted by molar-refractivity contribution is 0.0997. The lowest BCUT2D eigenvalue weighted by Crippen LogP contribution is -2.29. The number of hydrogen-bond acceptors (Lipinski definition) is 4. The van der Waals surface area contributed by atoms with Gasteiger partial charge in [-0.25, -0.2) is 22.5 Å². The highest BCUT2D eigenvalue weighted by Crippen LogP contribution is 2.11. The molecule has 0 aliphatic heterocycles. The molecule has 0 saturated carbocycles. The van der Waals surface area contributed by atoms with Gasteiger partial charge < -0.3 is 0 Å². The number of hydrogen-bond donors (Lipinski definition) is 1. The molecule has 0 radical (unpaired) electrons. The molecule has 21 heavy (non-hydrogen) atoms. The summed E-state index contributed by atoms with van der Waals surface area (Å²) >= 11 is 5.57. The van der Waals surface area contributed by atoms with Gasteiger partial charge in [-0.15, -0.1) is 0 Å². The minimum atomic E-state index is -3.85. The molecular weight excluding hydrogens is 319 g/mol. The molecular formula is C13H10ClFN2O3S. The number of nitrogens with zero attached hydrogens (tertiary/aromatic N) is 1. The van der Waals surface area contributed by atoms with Crippen LogP contribution in [0.15, 0.2) is 47.5 Å². The summed E-state index contributed by atoms with van der Waals surface area (Å²) in [4.78, 5) is 15.4. The maximum Gasteiger partial charge on any atom is 0.242 e. The van der Waals surface area contributed by atoms with E-state index < -0.39 is 28.2 Å². The average Bonchev–Trinajstić information content (AvgIpc) is 2.46. The highest BCUT2D eigenvalue weighted by molar-refractivity contribution is 7.89. The number of aromatic nitrogens is 1. The average molecular weight is 329 g/mol. The Morgan fingerprint density at radius 2 is 1.86 bits per heavy atom. The summed E-state index contributed by atoms with van der Waals surface area (Å²) in [6.07, 6.45) is 1.09. The summed E-state index contributed by atoms with van der Waals surface area (Å²) in [7, 11) is -3.85. The van der Waals surface area contributed by atoms with Crippen molar-refractivity contribution in [1.29, 1.82) is 0 Å². The van der Waals surface area contributed by atoms with Crippen LogP contribution in [-0.4, -0.2) is 25.7 Å². The SMILES string of the molecule is O=C(CNS(=O)(=O)c1ccc(Cl)nc1)c1ccc(F)cc1. The van der Waals surface area contributed by atoms with Crippen LogP contribution in [0.5, 0.6) is 0 Å². The van der Waals surface area contributed by atoms with E-state index in [9.17, 15) is 17.6 Å². The molecule has 0 aliphatic rings. The van der Waals surface area contributed by atoms with Crippen molar-refractivity contribution in [1.82, 2.24) is 9.71 Å². The van der Waals surface area contributed by atoms with Gasteiger partial charge in [0.15, 0.2) is 5.78 Å². The first-order chi connectivity index (χ1) is 9.88. The zero-order chi connectivity index (χ0) is 15.5. The molecule has 0 fully saturated rings. The normalized spacial score (nSPS) is 11.3. The lowest BCUT2D eigenvalue weighted by atomic mass is 10.1. The second-order valence-electron chi connectivity index (χ2n) is 4.07. The molecule has 0 spiro atoms. The molecule has 1 N–H and O–H groups in total. The first kappa shape index (κ1) is 15.6. The summed E-state index contributed by atoms with van der Waals surface area (Å²) in [6, 6.07) is 7.44. The highest BCUT2D eigenvalue weighted by atomic mass is 35.5. The Bertz CT molecular complexity index is 746. The van der Waals surface area contributed by atoms with E-state index >= 15 is 0 Å². The molecule has 0 atom stereocenters. The van der Waals surface area contributed by atoms with Crippen LogP contribution in [0.25, 0.3) is 0 Å². The largest absolute Gasteiger partial charge is 0.293 e. The fraction of sp³-hybridized carbons (Fsp3) is 0.0769. The molecule has 1 aromatic carbocycles. The lowest BCUT2D eigenvalue weighted by Gasteiger charge is -2.06. The third-order valence-corrected chi connectivity index (χ3v) is 4.21. The number of ketones is 1. The number of carbonyl (C=O) groups excluding carboxylic acids is 1. The summed E-state index contributed by atoms with van der Waals surface area (Å²) in [5.74, 6) is -0.945. The minimum Gasteiger partial charge on any atom is -0.293 e. The molecule has 110 valence electrons. The Labute approximate surface area is 125 Å². The van der Waals surface area contributed by atoms with Crippen LogP contribution in [0.2, 0.25) is 5.15 Å². The van der Waals surface area contributed by atoms with Crippen molar-refractivity contribution in [3.63, 3.8) is 0 Å². The Hall–Kier alpha value is -1.83. The van der Waals surface area contributed by atoms with Crippen molar-refractivity contribution in [2.24, 2.45) is 0 Å². The monoisotopic (exact) mass is 328 g/mol. The quantitative estimate of drug-likeness (QED) is 0.673. The number of halogens is 2. The molecule has 0 bridgehead atoms. The number of sulfonamides is 1. The minimum absolute atomic E-state index is 0.0983. The second-order valence-corrected chi connectivity index (χ2v) is 6.23. The fourth-order valence-corrected chi connectivity index (χ4v) is 2.54. The Kier molecular flexibility index (Phi) is 4.66. The fourth-order valence-electron chi connectivity index (χ4n) is 1.50. The van der Waals surface area contributed by atoms with Gasteiger partial charge in [0.1, 0.15) is 15.9 Å². The van der Waals surface area contributed by atoms with Gasteiger partial charge in [0.05, 0.1) is 6.54 Å². The molecule has 1 heterocycles. The van der Waals surface area contributed by atoms with Crippen molar-refractivity contribution in [3.8, 4) is 0 Å². The Morgan fingerprint density at radius 1 is 1.19 bits per heavy atom. The maximum atomic E-state index is 12.7. The predicted octanol–water partition coefficient (Wildman–Crippen LogP) is 2.04. The molecule has 0 aliphatic carbocycles. The van der Waals surface area contributed by atoms with Crippen LogP contribution in [0.1, 0.15) is 10.4 Å². The van der Waals surface area contributed by atoms with Gasteiger partial charge in [0.2, 0.25) is 10.0 Å². The molecule has 0 saturated heterocycles. The van der Waals surface area contributed by atoms with E-state index in [0.29, 0.717) is 0 Å². The number of benzene rings is 1. The van der Waals surface area contributed by atoms with Crippen LogP contribution >= 0.6 is 11.6 Å². The van der Waals surface area contributed by atoms with Gasteiger partial charge in [-0.2, -0.15) is 0 Å². The van der Waals surface area contributed by atoms with Crippen LogP contribution < -0.4 is 4.72 Å². The standard InChI is InChI=1S/C13H10ClFN2O3S/c14-13-6-5-11(7-16-13)21(19,20)17-8-12(18)9-1-3-10(15)4-2-9/h1-7,17H,8H2. The van der Waals surface area contributed by atoms with E-state index in [-0.39, 0.29) is 15.6 Å². The van der Waals surface area contributed by atoms with Crippen LogP contribution in [0, 0.1) is 5.82 Å². The van der Waals surface area contributed by atoms with Crippen LogP contribution in [0.3, 0.4) is 0 Å². The van der Waals surface area contributed by atoms with E-state index in [1.807, 2.05) is 0 Å². The maximum absolute atomic E-state index is 12.7. The summed E-state index contributed by atoms with van der Waals surface area (Å²) in [6.45, 7) is -0.434. The predicted molar refractivity (Wildman–Crippen MR) is 75.2 cm³/mol. The van der Waals surface area contributed by atoms with E-state index in [1.165, 1.54) is 24.3 Å². The highest BCUT2D eigenvalue weighted by Gasteiger charge is 2.16. The van der Waals surface area contributed by atoms with E-state index in [2.05, 4.69) is 9.71 Å². The third-order valence-electron chi connectivity index (χ3n) is 2.60. The summed E-state index contributed by atoms with van der Waals surface area (Å²) in [5, 5.41) is 0.163. The second kappa shape index (κ2) is 6.30. The van der Waals surface area contributed by atoms with Gasteiger partial charge in [-0.1, -0.05) is 11.6 Å². The van der Waals surface area contributed by atoms with Crippen molar-refractivity contribution >= 4 is 27.4 Å². The molecule has 0 unspecified atom stereocenters. The zero-order valence-corrected chi connectivity index (χ0v) is 12.2. The van der Waals surface area contributed by atoms with Crippen molar-refractivity contribution in [2.75, 3.05) is 6.54 Å². The Balaban J connectivity index is 2.06. The van der Waals surface area contributed by atoms with Crippen LogP contribution in [-0.2, 0) is 10.0 Å².